The lowest BCUT2D eigenvalue weighted by Gasteiger charge is -2.06. The topological polar surface area (TPSA) is 70.7 Å². The Bertz CT molecular complexity index is 876. The second kappa shape index (κ2) is 6.57. The number of carbonyl (C=O) groups excluding carboxylic acids is 1. The first-order valence-corrected chi connectivity index (χ1v) is 9.85. The molecule has 1 aromatic carbocycles. The van der Waals surface area contributed by atoms with E-state index in [1.807, 2.05) is 19.1 Å². The summed E-state index contributed by atoms with van der Waals surface area (Å²) in [5.74, 6) is 0.283. The van der Waals surface area contributed by atoms with Crippen molar-refractivity contribution in [2.24, 2.45) is 0 Å². The number of nitrogens with zero attached hydrogens (tertiary/aromatic N) is 2. The third-order valence-corrected chi connectivity index (χ3v) is 5.99. The second-order valence-electron chi connectivity index (χ2n) is 6.00. The van der Waals surface area contributed by atoms with Gasteiger partial charge in [-0.1, -0.05) is 17.8 Å². The van der Waals surface area contributed by atoms with E-state index >= 15 is 0 Å². The summed E-state index contributed by atoms with van der Waals surface area (Å²) in [6, 6.07) is 6.09. The number of hydrogen-bond donors (Lipinski definition) is 2. The highest BCUT2D eigenvalue weighted by molar-refractivity contribution is 7.99. The van der Waals surface area contributed by atoms with Crippen molar-refractivity contribution in [2.45, 2.75) is 37.8 Å². The number of hydrogen-bond acceptors (Lipinski definition) is 5. The number of fused-ring (bicyclic) bond motifs is 2. The Morgan fingerprint density at radius 2 is 2.21 bits per heavy atom. The average Bonchev–Trinajstić information content (AvgIpc) is 3.15. The molecule has 24 heavy (non-hydrogen) atoms. The van der Waals surface area contributed by atoms with E-state index in [2.05, 4.69) is 26.3 Å². The minimum atomic E-state index is -0.0391. The Labute approximate surface area is 148 Å². The van der Waals surface area contributed by atoms with Gasteiger partial charge < -0.3 is 10.3 Å². The van der Waals surface area contributed by atoms with Crippen molar-refractivity contribution in [1.29, 1.82) is 0 Å². The van der Waals surface area contributed by atoms with Crippen molar-refractivity contribution >= 4 is 45.2 Å². The molecule has 2 heterocycles. The molecule has 1 amide bonds. The van der Waals surface area contributed by atoms with Crippen molar-refractivity contribution in [3.8, 4) is 0 Å². The lowest BCUT2D eigenvalue weighted by atomic mass is 10.0. The number of benzene rings is 1. The van der Waals surface area contributed by atoms with Crippen LogP contribution in [0.5, 0.6) is 0 Å². The predicted octanol–water partition coefficient (Wildman–Crippen LogP) is 3.94. The highest BCUT2D eigenvalue weighted by Crippen LogP contribution is 2.29. The summed E-state index contributed by atoms with van der Waals surface area (Å²) in [7, 11) is 0. The zero-order chi connectivity index (χ0) is 16.5. The maximum absolute atomic E-state index is 12.2. The van der Waals surface area contributed by atoms with Gasteiger partial charge in [-0.2, -0.15) is 0 Å². The van der Waals surface area contributed by atoms with E-state index < -0.39 is 0 Å². The number of amides is 1. The average molecular weight is 358 g/mol. The van der Waals surface area contributed by atoms with Crippen LogP contribution in [0.1, 0.15) is 29.0 Å². The third-order valence-electron chi connectivity index (χ3n) is 4.05. The summed E-state index contributed by atoms with van der Waals surface area (Å²) in [5.41, 5.74) is 4.29. The molecule has 2 aromatic heterocycles. The minimum absolute atomic E-state index is 0.0391. The van der Waals surface area contributed by atoms with E-state index in [0.29, 0.717) is 5.75 Å². The zero-order valence-electron chi connectivity index (χ0n) is 13.4. The van der Waals surface area contributed by atoms with Crippen LogP contribution in [-0.4, -0.2) is 26.6 Å². The molecule has 0 saturated carbocycles. The van der Waals surface area contributed by atoms with Crippen LogP contribution in [0.15, 0.2) is 23.4 Å². The van der Waals surface area contributed by atoms with Crippen LogP contribution in [0.2, 0.25) is 0 Å². The molecule has 0 unspecified atom stereocenters. The number of anilines is 1. The molecule has 3 aromatic rings. The Kier molecular flexibility index (Phi) is 4.28. The van der Waals surface area contributed by atoms with Crippen molar-refractivity contribution in [3.05, 3.63) is 34.3 Å². The molecule has 0 spiro atoms. The number of aryl methyl sites for hydroxylation is 3. The van der Waals surface area contributed by atoms with E-state index in [9.17, 15) is 4.79 Å². The van der Waals surface area contributed by atoms with Gasteiger partial charge in [-0.25, -0.2) is 9.97 Å². The van der Waals surface area contributed by atoms with Crippen molar-refractivity contribution in [3.63, 3.8) is 0 Å². The maximum atomic E-state index is 12.2. The van der Waals surface area contributed by atoms with Crippen molar-refractivity contribution < 1.29 is 4.79 Å². The molecule has 7 heteroatoms. The largest absolute Gasteiger partial charge is 0.333 e. The van der Waals surface area contributed by atoms with Gasteiger partial charge in [0, 0.05) is 4.88 Å². The highest BCUT2D eigenvalue weighted by Gasteiger charge is 2.16. The fourth-order valence-electron chi connectivity index (χ4n) is 2.86. The SMILES string of the molecule is Cc1ccc2nc(SCC(=O)Nc3nc4c(s3)CCCC4)[nH]c2c1. The van der Waals surface area contributed by atoms with E-state index in [0.717, 1.165) is 34.2 Å². The van der Waals surface area contributed by atoms with Crippen LogP contribution in [0, 0.1) is 6.92 Å². The van der Waals surface area contributed by atoms with Gasteiger partial charge in [-0.15, -0.1) is 11.3 Å². The molecule has 0 aliphatic heterocycles. The standard InChI is InChI=1S/C17H18N4OS2/c1-10-6-7-11-13(8-10)20-16(18-11)23-9-15(22)21-17-19-12-4-2-3-5-14(12)24-17/h6-8H,2-5,9H2,1H3,(H,18,20)(H,19,21,22). The number of rotatable bonds is 4. The number of H-pyrrole nitrogens is 1. The lowest BCUT2D eigenvalue weighted by molar-refractivity contribution is -0.113. The zero-order valence-corrected chi connectivity index (χ0v) is 15.0. The van der Waals surface area contributed by atoms with Crippen LogP contribution >= 0.6 is 23.1 Å². The monoisotopic (exact) mass is 358 g/mol. The summed E-state index contributed by atoms with van der Waals surface area (Å²) in [5, 5.41) is 4.42. The first-order chi connectivity index (χ1) is 11.7. The van der Waals surface area contributed by atoms with Gasteiger partial charge in [0.2, 0.25) is 5.91 Å². The summed E-state index contributed by atoms with van der Waals surface area (Å²) in [6.45, 7) is 2.05. The number of nitrogens with one attached hydrogen (secondary N) is 2. The first-order valence-electron chi connectivity index (χ1n) is 8.05. The minimum Gasteiger partial charge on any atom is -0.333 e. The van der Waals surface area contributed by atoms with Gasteiger partial charge in [0.05, 0.1) is 22.5 Å². The van der Waals surface area contributed by atoms with Crippen LogP contribution in [0.4, 0.5) is 5.13 Å². The second-order valence-corrected chi connectivity index (χ2v) is 8.04. The lowest BCUT2D eigenvalue weighted by Crippen LogP contribution is -2.14. The van der Waals surface area contributed by atoms with Gasteiger partial charge in [-0.3, -0.25) is 4.79 Å². The Morgan fingerprint density at radius 1 is 1.33 bits per heavy atom. The number of thioether (sulfide) groups is 1. The van der Waals surface area contributed by atoms with Crippen molar-refractivity contribution in [1.82, 2.24) is 15.0 Å². The number of aromatic amines is 1. The van der Waals surface area contributed by atoms with Gasteiger partial charge in [0.25, 0.3) is 0 Å². The molecule has 0 radical (unpaired) electrons. The molecule has 1 aliphatic rings. The molecule has 1 aliphatic carbocycles. The summed E-state index contributed by atoms with van der Waals surface area (Å²) in [6.07, 6.45) is 4.56. The van der Waals surface area contributed by atoms with E-state index in [-0.39, 0.29) is 5.91 Å². The van der Waals surface area contributed by atoms with E-state index in [1.54, 1.807) is 11.3 Å². The molecular weight excluding hydrogens is 340 g/mol. The number of aromatic nitrogens is 3. The normalized spacial score (nSPS) is 13.9. The predicted molar refractivity (Wildman–Crippen MR) is 98.9 cm³/mol. The van der Waals surface area contributed by atoms with E-state index in [4.69, 9.17) is 0 Å². The van der Waals surface area contributed by atoms with Gasteiger partial charge in [0.1, 0.15) is 0 Å². The Morgan fingerprint density at radius 3 is 3.08 bits per heavy atom. The molecule has 0 saturated heterocycles. The van der Waals surface area contributed by atoms with Gasteiger partial charge in [0.15, 0.2) is 10.3 Å². The maximum Gasteiger partial charge on any atom is 0.236 e. The highest BCUT2D eigenvalue weighted by atomic mass is 32.2. The first kappa shape index (κ1) is 15.7. The molecule has 124 valence electrons. The molecule has 0 atom stereocenters. The molecule has 5 nitrogen and oxygen atoms in total. The van der Waals surface area contributed by atoms with Crippen LogP contribution in [-0.2, 0) is 17.6 Å². The van der Waals surface area contributed by atoms with Crippen molar-refractivity contribution in [2.75, 3.05) is 11.1 Å². The quantitative estimate of drug-likeness (QED) is 0.693. The summed E-state index contributed by atoms with van der Waals surface area (Å²) >= 11 is 3.03. The molecule has 0 fully saturated rings. The number of thiazole rings is 1. The fourth-order valence-corrected chi connectivity index (χ4v) is 4.61. The van der Waals surface area contributed by atoms with Gasteiger partial charge in [-0.05, 0) is 50.3 Å². The van der Waals surface area contributed by atoms with Gasteiger partial charge >= 0.3 is 0 Å². The van der Waals surface area contributed by atoms with Crippen LogP contribution in [0.25, 0.3) is 11.0 Å². The van der Waals surface area contributed by atoms with Crippen LogP contribution in [0.3, 0.4) is 0 Å². The fraction of sp³-hybridized carbons (Fsp3) is 0.353. The summed E-state index contributed by atoms with van der Waals surface area (Å²) in [4.78, 5) is 25.8. The Balaban J connectivity index is 1.38. The Hall–Kier alpha value is -1.86. The third kappa shape index (κ3) is 3.32. The summed E-state index contributed by atoms with van der Waals surface area (Å²) < 4.78 is 0. The molecule has 2 N–H and O–H groups in total. The van der Waals surface area contributed by atoms with Crippen LogP contribution < -0.4 is 5.32 Å². The number of imidazole rings is 1. The molecular formula is C17H18N4OS2. The molecule has 0 bridgehead atoms. The smallest absolute Gasteiger partial charge is 0.236 e. The van der Waals surface area contributed by atoms with E-state index in [1.165, 1.54) is 40.7 Å². The number of carbonyl (C=O) groups is 1. The molecule has 4 rings (SSSR count).